The Bertz CT molecular complexity index is 893. The van der Waals surface area contributed by atoms with E-state index in [2.05, 4.69) is 10.4 Å². The lowest BCUT2D eigenvalue weighted by Crippen LogP contribution is -2.14. The number of carbonyl (C=O) groups excluding carboxylic acids is 1. The summed E-state index contributed by atoms with van der Waals surface area (Å²) in [5, 5.41) is 7.00. The lowest BCUT2D eigenvalue weighted by Gasteiger charge is -2.09. The molecule has 3 rings (SSSR count). The molecule has 1 heterocycles. The number of aromatic nitrogens is 2. The van der Waals surface area contributed by atoms with Crippen LogP contribution >= 0.6 is 11.8 Å². The highest BCUT2D eigenvalue weighted by Gasteiger charge is 2.11. The van der Waals surface area contributed by atoms with E-state index in [0.29, 0.717) is 11.4 Å². The van der Waals surface area contributed by atoms with Gasteiger partial charge in [-0.2, -0.15) is 5.10 Å². The van der Waals surface area contributed by atoms with Crippen LogP contribution in [-0.4, -0.2) is 21.4 Å². The number of thioether (sulfide) groups is 1. The molecule has 1 N–H and O–H groups in total. The molecule has 2 aromatic carbocycles. The number of nitrogens with one attached hydrogen (secondary N) is 1. The molecule has 0 radical (unpaired) electrons. The lowest BCUT2D eigenvalue weighted by atomic mass is 10.2. The second kappa shape index (κ2) is 7.53. The lowest BCUT2D eigenvalue weighted by molar-refractivity contribution is -0.113. The first-order valence-electron chi connectivity index (χ1n) is 7.84. The Kier molecular flexibility index (Phi) is 5.19. The molecule has 0 aliphatic heterocycles. The summed E-state index contributed by atoms with van der Waals surface area (Å²) in [5.41, 5.74) is 2.48. The standard InChI is InChI=1S/C19H18FN3OS/c1-13-10-14(2)23(22-13)18-9-8-15(11-17(18)20)21-19(24)12-25-16-6-4-3-5-7-16/h3-11H,12H2,1-2H3,(H,21,24). The third kappa shape index (κ3) is 4.28. The number of aryl methyl sites for hydroxylation is 2. The van der Waals surface area contributed by atoms with Crippen molar-refractivity contribution in [1.82, 2.24) is 9.78 Å². The molecule has 3 aromatic rings. The van der Waals surface area contributed by atoms with Gasteiger partial charge in [-0.3, -0.25) is 4.79 Å². The number of carbonyl (C=O) groups is 1. The topological polar surface area (TPSA) is 46.9 Å². The van der Waals surface area contributed by atoms with Gasteiger partial charge in [-0.15, -0.1) is 11.8 Å². The summed E-state index contributed by atoms with van der Waals surface area (Å²) >= 11 is 1.44. The van der Waals surface area contributed by atoms with Gasteiger partial charge in [0.25, 0.3) is 0 Å². The van der Waals surface area contributed by atoms with Crippen molar-refractivity contribution in [2.45, 2.75) is 18.7 Å². The fraction of sp³-hybridized carbons (Fsp3) is 0.158. The van der Waals surface area contributed by atoms with Gasteiger partial charge in [-0.05, 0) is 50.2 Å². The van der Waals surface area contributed by atoms with Crippen LogP contribution in [-0.2, 0) is 4.79 Å². The van der Waals surface area contributed by atoms with Crippen LogP contribution in [0.25, 0.3) is 5.69 Å². The van der Waals surface area contributed by atoms with E-state index in [9.17, 15) is 9.18 Å². The minimum atomic E-state index is -0.431. The van der Waals surface area contributed by atoms with E-state index in [1.807, 2.05) is 50.2 Å². The van der Waals surface area contributed by atoms with Gasteiger partial charge in [0, 0.05) is 16.3 Å². The molecule has 0 atom stereocenters. The zero-order valence-electron chi connectivity index (χ0n) is 14.0. The number of hydrogen-bond acceptors (Lipinski definition) is 3. The van der Waals surface area contributed by atoms with Crippen molar-refractivity contribution < 1.29 is 9.18 Å². The number of halogens is 1. The average Bonchev–Trinajstić information content (AvgIpc) is 2.92. The molecule has 0 fully saturated rings. The van der Waals surface area contributed by atoms with Crippen LogP contribution in [0.15, 0.2) is 59.5 Å². The zero-order valence-corrected chi connectivity index (χ0v) is 14.8. The molecule has 1 aromatic heterocycles. The molecule has 128 valence electrons. The minimum absolute atomic E-state index is 0.174. The molecule has 0 spiro atoms. The van der Waals surface area contributed by atoms with Crippen LogP contribution in [0.1, 0.15) is 11.4 Å². The Hall–Kier alpha value is -2.60. The summed E-state index contributed by atoms with van der Waals surface area (Å²) in [6, 6.07) is 16.2. The van der Waals surface area contributed by atoms with Gasteiger partial charge in [-0.1, -0.05) is 18.2 Å². The fourth-order valence-electron chi connectivity index (χ4n) is 2.49. The van der Waals surface area contributed by atoms with Crippen molar-refractivity contribution in [3.8, 4) is 5.69 Å². The van der Waals surface area contributed by atoms with Gasteiger partial charge in [0.1, 0.15) is 5.69 Å². The number of rotatable bonds is 5. The van der Waals surface area contributed by atoms with Crippen molar-refractivity contribution >= 4 is 23.4 Å². The van der Waals surface area contributed by atoms with Crippen LogP contribution in [0.4, 0.5) is 10.1 Å². The van der Waals surface area contributed by atoms with Gasteiger partial charge in [0.2, 0.25) is 5.91 Å². The number of amides is 1. The predicted octanol–water partition coefficient (Wildman–Crippen LogP) is 4.36. The Labute approximate surface area is 150 Å². The second-order valence-electron chi connectivity index (χ2n) is 5.65. The molecule has 0 saturated heterocycles. The number of hydrogen-bond donors (Lipinski definition) is 1. The van der Waals surface area contributed by atoms with E-state index in [1.165, 1.54) is 17.8 Å². The van der Waals surface area contributed by atoms with E-state index in [-0.39, 0.29) is 11.7 Å². The van der Waals surface area contributed by atoms with E-state index in [4.69, 9.17) is 0 Å². The highest BCUT2D eigenvalue weighted by atomic mass is 32.2. The number of nitrogens with zero attached hydrogens (tertiary/aromatic N) is 2. The summed E-state index contributed by atoms with van der Waals surface area (Å²) in [5.74, 6) is -0.336. The molecule has 25 heavy (non-hydrogen) atoms. The van der Waals surface area contributed by atoms with Crippen LogP contribution in [0.5, 0.6) is 0 Å². The third-order valence-electron chi connectivity index (χ3n) is 3.58. The molecule has 0 saturated carbocycles. The largest absolute Gasteiger partial charge is 0.325 e. The van der Waals surface area contributed by atoms with Gasteiger partial charge in [-0.25, -0.2) is 9.07 Å². The maximum absolute atomic E-state index is 14.4. The number of benzene rings is 2. The SMILES string of the molecule is Cc1cc(C)n(-c2ccc(NC(=O)CSc3ccccc3)cc2F)n1. The van der Waals surface area contributed by atoms with Crippen molar-refractivity contribution in [3.63, 3.8) is 0 Å². The predicted molar refractivity (Wildman–Crippen MR) is 98.8 cm³/mol. The molecular weight excluding hydrogens is 337 g/mol. The molecule has 0 aliphatic carbocycles. The summed E-state index contributed by atoms with van der Waals surface area (Å²) in [6.45, 7) is 3.73. The van der Waals surface area contributed by atoms with Crippen molar-refractivity contribution in [3.05, 3.63) is 71.8 Å². The quantitative estimate of drug-likeness (QED) is 0.692. The highest BCUT2D eigenvalue weighted by Crippen LogP contribution is 2.21. The van der Waals surface area contributed by atoms with E-state index >= 15 is 0 Å². The van der Waals surface area contributed by atoms with E-state index in [0.717, 1.165) is 16.3 Å². The minimum Gasteiger partial charge on any atom is -0.325 e. The molecule has 0 aliphatic rings. The normalized spacial score (nSPS) is 10.7. The fourth-order valence-corrected chi connectivity index (χ4v) is 3.21. The van der Waals surface area contributed by atoms with E-state index < -0.39 is 5.82 Å². The van der Waals surface area contributed by atoms with Crippen molar-refractivity contribution in [2.24, 2.45) is 0 Å². The first-order chi connectivity index (χ1) is 12.0. The van der Waals surface area contributed by atoms with Crippen LogP contribution in [0.3, 0.4) is 0 Å². The summed E-state index contributed by atoms with van der Waals surface area (Å²) < 4.78 is 16.0. The van der Waals surface area contributed by atoms with Crippen LogP contribution in [0.2, 0.25) is 0 Å². The third-order valence-corrected chi connectivity index (χ3v) is 4.59. The van der Waals surface area contributed by atoms with Crippen molar-refractivity contribution in [1.29, 1.82) is 0 Å². The Morgan fingerprint density at radius 2 is 1.92 bits per heavy atom. The molecule has 4 nitrogen and oxygen atoms in total. The maximum Gasteiger partial charge on any atom is 0.234 e. The summed E-state index contributed by atoms with van der Waals surface area (Å²) in [6.07, 6.45) is 0. The summed E-state index contributed by atoms with van der Waals surface area (Å²) in [4.78, 5) is 13.1. The molecule has 0 unspecified atom stereocenters. The van der Waals surface area contributed by atoms with Crippen molar-refractivity contribution in [2.75, 3.05) is 11.1 Å². The summed E-state index contributed by atoms with van der Waals surface area (Å²) in [7, 11) is 0. The molecule has 0 bridgehead atoms. The maximum atomic E-state index is 14.4. The highest BCUT2D eigenvalue weighted by molar-refractivity contribution is 8.00. The van der Waals surface area contributed by atoms with E-state index in [1.54, 1.807) is 16.8 Å². The Balaban J connectivity index is 1.66. The first kappa shape index (κ1) is 17.2. The Morgan fingerprint density at radius 3 is 2.56 bits per heavy atom. The second-order valence-corrected chi connectivity index (χ2v) is 6.70. The van der Waals surface area contributed by atoms with Gasteiger partial charge >= 0.3 is 0 Å². The van der Waals surface area contributed by atoms with Gasteiger partial charge < -0.3 is 5.32 Å². The number of anilines is 1. The Morgan fingerprint density at radius 1 is 1.16 bits per heavy atom. The molecule has 1 amide bonds. The average molecular weight is 355 g/mol. The van der Waals surface area contributed by atoms with Crippen LogP contribution < -0.4 is 5.32 Å². The zero-order chi connectivity index (χ0) is 17.8. The van der Waals surface area contributed by atoms with Crippen LogP contribution in [0, 0.1) is 19.7 Å². The van der Waals surface area contributed by atoms with Gasteiger partial charge in [0.05, 0.1) is 11.4 Å². The van der Waals surface area contributed by atoms with Gasteiger partial charge in [0.15, 0.2) is 5.82 Å². The monoisotopic (exact) mass is 355 g/mol. The molecule has 6 heteroatoms. The smallest absolute Gasteiger partial charge is 0.234 e. The molecular formula is C19H18FN3OS. The first-order valence-corrected chi connectivity index (χ1v) is 8.82.